The third-order valence-corrected chi connectivity index (χ3v) is 4.30. The summed E-state index contributed by atoms with van der Waals surface area (Å²) in [6.45, 7) is 9.57. The van der Waals surface area contributed by atoms with Gasteiger partial charge >= 0.3 is 5.97 Å². The summed E-state index contributed by atoms with van der Waals surface area (Å²) in [5.41, 5.74) is 1.59. The molecule has 1 aliphatic heterocycles. The Morgan fingerprint density at radius 2 is 1.38 bits per heavy atom. The van der Waals surface area contributed by atoms with Crippen LogP contribution in [0, 0.1) is 0 Å². The van der Waals surface area contributed by atoms with Gasteiger partial charge in [0.25, 0.3) is 11.8 Å². The molecule has 1 aliphatic rings. The summed E-state index contributed by atoms with van der Waals surface area (Å²) in [6, 6.07) is 0. The molecule has 0 fully saturated rings. The third kappa shape index (κ3) is 5.95. The smallest absolute Gasteiger partial charge is 0.333 e. The Labute approximate surface area is 144 Å². The van der Waals surface area contributed by atoms with Gasteiger partial charge in [-0.15, -0.1) is 0 Å². The van der Waals surface area contributed by atoms with Gasteiger partial charge in [-0.2, -0.15) is 0 Å². The topological polar surface area (TPSA) is 63.7 Å². The molecule has 24 heavy (non-hydrogen) atoms. The summed E-state index contributed by atoms with van der Waals surface area (Å²) in [4.78, 5) is 36.3. The molecule has 0 aromatic rings. The Balaban J connectivity index is 1.98. The number of esters is 1. The summed E-state index contributed by atoms with van der Waals surface area (Å²) in [5, 5.41) is 0. The summed E-state index contributed by atoms with van der Waals surface area (Å²) in [7, 11) is 0. The summed E-state index contributed by atoms with van der Waals surface area (Å²) in [5.74, 6) is -0.593. The molecule has 134 valence electrons. The van der Waals surface area contributed by atoms with Crippen LogP contribution in [0.3, 0.4) is 0 Å². The van der Waals surface area contributed by atoms with Crippen molar-refractivity contribution >= 4 is 17.8 Å². The predicted octanol–water partition coefficient (Wildman–Crippen LogP) is 3.54. The summed E-state index contributed by atoms with van der Waals surface area (Å²) in [6.07, 6.45) is 7.09. The van der Waals surface area contributed by atoms with Crippen LogP contribution in [0.2, 0.25) is 0 Å². The Morgan fingerprint density at radius 3 is 1.88 bits per heavy atom. The van der Waals surface area contributed by atoms with Crippen molar-refractivity contribution in [1.29, 1.82) is 0 Å². The van der Waals surface area contributed by atoms with Crippen LogP contribution < -0.4 is 0 Å². The van der Waals surface area contributed by atoms with Gasteiger partial charge in [0.2, 0.25) is 0 Å². The average molecular weight is 335 g/mol. The molecule has 0 saturated carbocycles. The highest BCUT2D eigenvalue weighted by Crippen LogP contribution is 2.20. The van der Waals surface area contributed by atoms with Crippen LogP contribution >= 0.6 is 0 Å². The minimum absolute atomic E-state index is 0.137. The average Bonchev–Trinajstić information content (AvgIpc) is 2.73. The van der Waals surface area contributed by atoms with Gasteiger partial charge in [-0.05, 0) is 33.6 Å². The lowest BCUT2D eigenvalue weighted by molar-refractivity contribution is -0.139. The quantitative estimate of drug-likeness (QED) is 0.251. The molecule has 0 radical (unpaired) electrons. The van der Waals surface area contributed by atoms with Crippen molar-refractivity contribution in [2.45, 2.75) is 65.7 Å². The number of ether oxygens (including phenoxy) is 1. The van der Waals surface area contributed by atoms with E-state index < -0.39 is 0 Å². The molecule has 5 nitrogen and oxygen atoms in total. The van der Waals surface area contributed by atoms with Gasteiger partial charge in [0.1, 0.15) is 0 Å². The molecule has 2 amide bonds. The van der Waals surface area contributed by atoms with Gasteiger partial charge in [-0.3, -0.25) is 14.5 Å². The molecule has 1 rings (SSSR count). The largest absolute Gasteiger partial charge is 0.462 e. The van der Waals surface area contributed by atoms with Crippen LogP contribution in [-0.2, 0) is 19.1 Å². The van der Waals surface area contributed by atoms with Gasteiger partial charge in [0, 0.05) is 23.3 Å². The molecule has 0 atom stereocenters. The lowest BCUT2D eigenvalue weighted by Gasteiger charge is -2.14. The highest BCUT2D eigenvalue weighted by molar-refractivity contribution is 6.18. The second kappa shape index (κ2) is 10.1. The molecule has 0 aromatic heterocycles. The van der Waals surface area contributed by atoms with Crippen LogP contribution in [0.1, 0.15) is 65.7 Å². The van der Waals surface area contributed by atoms with Crippen LogP contribution in [0.4, 0.5) is 0 Å². The number of rotatable bonds is 11. The number of hydrogen-bond acceptors (Lipinski definition) is 4. The molecular weight excluding hydrogens is 306 g/mol. The van der Waals surface area contributed by atoms with E-state index in [0.29, 0.717) is 29.9 Å². The van der Waals surface area contributed by atoms with Crippen molar-refractivity contribution in [2.24, 2.45) is 0 Å². The van der Waals surface area contributed by atoms with E-state index in [2.05, 4.69) is 6.58 Å². The Morgan fingerprint density at radius 1 is 0.917 bits per heavy atom. The van der Waals surface area contributed by atoms with Crippen LogP contribution in [0.5, 0.6) is 0 Å². The van der Waals surface area contributed by atoms with E-state index in [4.69, 9.17) is 4.74 Å². The van der Waals surface area contributed by atoms with Crippen molar-refractivity contribution in [1.82, 2.24) is 4.90 Å². The first-order valence-corrected chi connectivity index (χ1v) is 8.72. The van der Waals surface area contributed by atoms with Gasteiger partial charge in [0.05, 0.1) is 6.61 Å². The highest BCUT2D eigenvalue weighted by atomic mass is 16.5. The molecule has 0 spiro atoms. The SMILES string of the molecule is C=C(C)C(=O)OCCCCCCCCCN1C(=O)C(C)=C(C)C1=O. The molecular formula is C19H29NO4. The fourth-order valence-electron chi connectivity index (χ4n) is 2.56. The zero-order chi connectivity index (χ0) is 18.1. The molecule has 0 saturated heterocycles. The van der Waals surface area contributed by atoms with Crippen molar-refractivity contribution in [3.63, 3.8) is 0 Å². The number of carbonyl (C=O) groups is 3. The van der Waals surface area contributed by atoms with E-state index in [1.165, 1.54) is 4.90 Å². The Bertz CT molecular complexity index is 509. The molecule has 0 aliphatic carbocycles. The van der Waals surface area contributed by atoms with Gasteiger partial charge in [0.15, 0.2) is 0 Å². The van der Waals surface area contributed by atoms with Crippen LogP contribution in [-0.4, -0.2) is 35.8 Å². The van der Waals surface area contributed by atoms with Crippen molar-refractivity contribution in [3.8, 4) is 0 Å². The molecule has 0 N–H and O–H groups in total. The zero-order valence-corrected chi connectivity index (χ0v) is 15.2. The molecule has 0 bridgehead atoms. The number of carbonyl (C=O) groups excluding carboxylic acids is 3. The predicted molar refractivity (Wildman–Crippen MR) is 93.2 cm³/mol. The van der Waals surface area contributed by atoms with Gasteiger partial charge in [-0.25, -0.2) is 4.79 Å². The number of unbranched alkanes of at least 4 members (excludes halogenated alkanes) is 6. The lowest BCUT2D eigenvalue weighted by Crippen LogP contribution is -2.32. The highest BCUT2D eigenvalue weighted by Gasteiger charge is 2.32. The van der Waals surface area contributed by atoms with E-state index in [-0.39, 0.29) is 17.8 Å². The first-order valence-electron chi connectivity index (χ1n) is 8.72. The maximum absolute atomic E-state index is 11.9. The first kappa shape index (κ1) is 20.1. The Hall–Kier alpha value is -1.91. The minimum atomic E-state index is -0.319. The van der Waals surface area contributed by atoms with E-state index >= 15 is 0 Å². The van der Waals surface area contributed by atoms with Gasteiger partial charge in [-0.1, -0.05) is 38.7 Å². The van der Waals surface area contributed by atoms with Crippen LogP contribution in [0.25, 0.3) is 0 Å². The molecule has 1 heterocycles. The first-order chi connectivity index (χ1) is 11.4. The lowest BCUT2D eigenvalue weighted by atomic mass is 10.1. The van der Waals surface area contributed by atoms with E-state index in [1.807, 2.05) is 0 Å². The van der Waals surface area contributed by atoms with Crippen LogP contribution in [0.15, 0.2) is 23.3 Å². The van der Waals surface area contributed by atoms with Crippen molar-refractivity contribution in [2.75, 3.05) is 13.2 Å². The molecule has 5 heteroatoms. The maximum atomic E-state index is 11.9. The molecule has 0 aromatic carbocycles. The minimum Gasteiger partial charge on any atom is -0.462 e. The van der Waals surface area contributed by atoms with E-state index in [0.717, 1.165) is 44.9 Å². The third-order valence-electron chi connectivity index (χ3n) is 4.30. The standard InChI is InChI=1S/C19H29NO4/c1-14(2)19(23)24-13-11-9-7-5-6-8-10-12-20-17(21)15(3)16(4)18(20)22/h1,5-13H2,2-4H3. The van der Waals surface area contributed by atoms with E-state index in [9.17, 15) is 14.4 Å². The van der Waals surface area contributed by atoms with E-state index in [1.54, 1.807) is 20.8 Å². The normalized spacial score (nSPS) is 14.5. The fourth-order valence-corrected chi connectivity index (χ4v) is 2.56. The van der Waals surface area contributed by atoms with Crippen molar-refractivity contribution in [3.05, 3.63) is 23.3 Å². The maximum Gasteiger partial charge on any atom is 0.333 e. The number of imide groups is 1. The Kier molecular flexibility index (Phi) is 8.44. The summed E-state index contributed by atoms with van der Waals surface area (Å²) < 4.78 is 5.03. The monoisotopic (exact) mass is 335 g/mol. The number of nitrogens with zero attached hydrogens (tertiary/aromatic N) is 1. The summed E-state index contributed by atoms with van der Waals surface area (Å²) >= 11 is 0. The zero-order valence-electron chi connectivity index (χ0n) is 15.2. The number of hydrogen-bond donors (Lipinski definition) is 0. The van der Waals surface area contributed by atoms with Crippen molar-refractivity contribution < 1.29 is 19.1 Å². The fraction of sp³-hybridized carbons (Fsp3) is 0.632. The van der Waals surface area contributed by atoms with Gasteiger partial charge < -0.3 is 4.74 Å². The second-order valence-corrected chi connectivity index (χ2v) is 6.40. The molecule has 0 unspecified atom stereocenters. The second-order valence-electron chi connectivity index (χ2n) is 6.40. The number of amides is 2.